The van der Waals surface area contributed by atoms with Gasteiger partial charge in [-0.2, -0.15) is 0 Å². The molecule has 0 spiro atoms. The second kappa shape index (κ2) is 6.06. The zero-order valence-electron chi connectivity index (χ0n) is 16.6. The van der Waals surface area contributed by atoms with Gasteiger partial charge in [-0.3, -0.25) is 4.21 Å². The molecule has 1 aliphatic heterocycles. The molecule has 1 N–H and O–H groups in total. The van der Waals surface area contributed by atoms with E-state index in [2.05, 4.69) is 4.98 Å². The lowest BCUT2D eigenvalue weighted by Gasteiger charge is -2.27. The van der Waals surface area contributed by atoms with Gasteiger partial charge in [0.05, 0.1) is 10.8 Å². The summed E-state index contributed by atoms with van der Waals surface area (Å²) in [6.07, 6.45) is 7.88. The number of likely N-dealkylation sites (N-methyl/N-ethyl adjacent to an activating group) is 1. The zero-order valence-corrected chi connectivity index (χ0v) is 14.4. The summed E-state index contributed by atoms with van der Waals surface area (Å²) in [6.45, 7) is -1.41. The van der Waals surface area contributed by atoms with Gasteiger partial charge < -0.3 is 9.88 Å². The third-order valence-corrected chi connectivity index (χ3v) is 6.52. The quantitative estimate of drug-likeness (QED) is 0.923. The average Bonchev–Trinajstić information content (AvgIpc) is 3.11. The topological polar surface area (TPSA) is 36.1 Å². The van der Waals surface area contributed by atoms with Crippen LogP contribution in [0.25, 0.3) is 10.9 Å². The van der Waals surface area contributed by atoms with Crippen molar-refractivity contribution in [1.29, 1.82) is 0 Å². The maximum atomic E-state index is 12.3. The van der Waals surface area contributed by atoms with Crippen LogP contribution in [0.5, 0.6) is 0 Å². The summed E-state index contributed by atoms with van der Waals surface area (Å²) in [5, 5.41) is 1.06. The van der Waals surface area contributed by atoms with E-state index in [-0.39, 0.29) is 6.04 Å². The highest BCUT2D eigenvalue weighted by Crippen LogP contribution is 2.42. The maximum Gasteiger partial charge on any atom is 0.0505 e. The Morgan fingerprint density at radius 1 is 1.35 bits per heavy atom. The number of nitrogens with one attached hydrogen (secondary N) is 1. The fourth-order valence-corrected chi connectivity index (χ4v) is 4.87. The molecule has 0 radical (unpaired) electrons. The summed E-state index contributed by atoms with van der Waals surface area (Å²) in [7, 11) is -1.07. The Morgan fingerprint density at radius 3 is 2.91 bits per heavy atom. The van der Waals surface area contributed by atoms with Gasteiger partial charge in [0.15, 0.2) is 0 Å². The van der Waals surface area contributed by atoms with Crippen LogP contribution in [-0.2, 0) is 17.2 Å². The van der Waals surface area contributed by atoms with E-state index < -0.39 is 17.8 Å². The molecule has 2 aliphatic rings. The third-order valence-electron chi connectivity index (χ3n) is 5.56. The highest BCUT2D eigenvalue weighted by atomic mass is 32.2. The number of fused-ring (bicyclic) bond motifs is 1. The van der Waals surface area contributed by atoms with Gasteiger partial charge in [-0.25, -0.2) is 0 Å². The van der Waals surface area contributed by atoms with Gasteiger partial charge in [0.2, 0.25) is 0 Å². The molecule has 0 amide bonds. The van der Waals surface area contributed by atoms with Gasteiger partial charge in [0.25, 0.3) is 0 Å². The Bertz CT molecular complexity index is 841. The Morgan fingerprint density at radius 2 is 2.22 bits per heavy atom. The Labute approximate surface area is 145 Å². The molecule has 1 unspecified atom stereocenters. The fraction of sp³-hybridized carbons (Fsp3) is 0.579. The number of nitrogens with zero attached hydrogens (tertiary/aromatic N) is 1. The van der Waals surface area contributed by atoms with Crippen molar-refractivity contribution in [1.82, 2.24) is 9.88 Å². The van der Waals surface area contributed by atoms with Gasteiger partial charge in [-0.15, -0.1) is 0 Å². The van der Waals surface area contributed by atoms with Gasteiger partial charge in [-0.1, -0.05) is 12.5 Å². The summed E-state index contributed by atoms with van der Waals surface area (Å²) in [5.74, 6) is 0.526. The Kier molecular flexibility index (Phi) is 3.23. The van der Waals surface area contributed by atoms with Crippen molar-refractivity contribution in [2.75, 3.05) is 19.8 Å². The largest absolute Gasteiger partial charge is 0.358 e. The van der Waals surface area contributed by atoms with E-state index in [1.165, 1.54) is 30.5 Å². The van der Waals surface area contributed by atoms with Crippen molar-refractivity contribution in [3.05, 3.63) is 29.5 Å². The zero-order chi connectivity index (χ0) is 18.5. The molecule has 3 nitrogen and oxygen atoms in total. The van der Waals surface area contributed by atoms with Crippen molar-refractivity contribution >= 4 is 21.7 Å². The van der Waals surface area contributed by atoms with E-state index in [1.807, 2.05) is 18.2 Å². The predicted molar refractivity (Wildman–Crippen MR) is 96.6 cm³/mol. The van der Waals surface area contributed by atoms with Crippen LogP contribution < -0.4 is 0 Å². The number of aromatic nitrogens is 1. The smallest absolute Gasteiger partial charge is 0.0505 e. The molecule has 2 fully saturated rings. The summed E-state index contributed by atoms with van der Waals surface area (Å²) in [5.41, 5.74) is 3.49. The first kappa shape index (κ1) is 12.3. The number of likely N-dealkylation sites (tertiary alicyclic amines) is 1. The molecule has 4 heteroatoms. The van der Waals surface area contributed by atoms with Crippen LogP contribution in [0.2, 0.25) is 0 Å². The first-order valence-electron chi connectivity index (χ1n) is 10.1. The van der Waals surface area contributed by atoms with Crippen LogP contribution in [0.15, 0.2) is 23.1 Å². The number of rotatable bonds is 4. The molecule has 1 aromatic carbocycles. The summed E-state index contributed by atoms with van der Waals surface area (Å²) in [6, 6.07) is 5.97. The van der Waals surface area contributed by atoms with E-state index >= 15 is 0 Å². The highest BCUT2D eigenvalue weighted by molar-refractivity contribution is 7.84. The minimum absolute atomic E-state index is 0.0266. The third kappa shape index (κ3) is 2.66. The lowest BCUT2D eigenvalue weighted by Crippen LogP contribution is -2.27. The number of hydrogen-bond acceptors (Lipinski definition) is 2. The molecule has 2 atom stereocenters. The van der Waals surface area contributed by atoms with Gasteiger partial charge in [-0.05, 0) is 69.2 Å². The minimum atomic E-state index is -2.04. The van der Waals surface area contributed by atoms with Crippen LogP contribution in [0.4, 0.5) is 0 Å². The number of benzene rings is 1. The van der Waals surface area contributed by atoms with Crippen molar-refractivity contribution in [3.8, 4) is 0 Å². The van der Waals surface area contributed by atoms with Crippen LogP contribution in [0.3, 0.4) is 0 Å². The summed E-state index contributed by atoms with van der Waals surface area (Å²) >= 11 is 0. The molecule has 1 saturated carbocycles. The van der Waals surface area contributed by atoms with Gasteiger partial charge in [0.1, 0.15) is 0 Å². The lowest BCUT2D eigenvalue weighted by atomic mass is 9.80. The van der Waals surface area contributed by atoms with Crippen molar-refractivity contribution in [3.63, 3.8) is 0 Å². The van der Waals surface area contributed by atoms with Gasteiger partial charge in [0, 0.05) is 37.9 Å². The Balaban J connectivity index is 1.80. The van der Waals surface area contributed by atoms with Crippen LogP contribution in [0.1, 0.15) is 53.4 Å². The number of H-pyrrole nitrogens is 1. The molecular weight excluding hydrogens is 304 g/mol. The maximum absolute atomic E-state index is 12.3. The SMILES string of the molecule is [2H]C([2H])([2H])N1CCC[C@@H]1Cc1c(C2CCC2)[nH]c2cccc(S(C)=O)c12. The van der Waals surface area contributed by atoms with E-state index in [1.54, 1.807) is 11.2 Å². The summed E-state index contributed by atoms with van der Waals surface area (Å²) in [4.78, 5) is 6.14. The van der Waals surface area contributed by atoms with Crippen molar-refractivity contribution in [2.45, 2.75) is 55.4 Å². The lowest BCUT2D eigenvalue weighted by molar-refractivity contribution is 0.308. The molecule has 4 rings (SSSR count). The minimum Gasteiger partial charge on any atom is -0.358 e. The summed E-state index contributed by atoms with van der Waals surface area (Å²) < 4.78 is 35.9. The molecule has 1 aliphatic carbocycles. The number of aromatic amines is 1. The van der Waals surface area contributed by atoms with Crippen molar-refractivity contribution in [2.24, 2.45) is 0 Å². The Hall–Kier alpha value is -1.13. The molecule has 1 saturated heterocycles. The molecule has 2 heterocycles. The standard InChI is InChI=1S/C19H26N2OS/c1-21-11-5-8-14(21)12-15-18-16(9-4-10-17(18)23(2)22)20-19(15)13-6-3-7-13/h4,9-10,13-14,20H,3,5-8,11-12H2,1-2H3/t14-,23?/m1/s1/i1D3. The molecule has 124 valence electrons. The molecule has 0 bridgehead atoms. The van der Waals surface area contributed by atoms with E-state index in [0.29, 0.717) is 12.5 Å². The first-order valence-corrected chi connectivity index (χ1v) is 10.2. The number of hydrogen-bond donors (Lipinski definition) is 1. The van der Waals surface area contributed by atoms with Gasteiger partial charge >= 0.3 is 0 Å². The van der Waals surface area contributed by atoms with E-state index in [0.717, 1.165) is 35.1 Å². The highest BCUT2D eigenvalue weighted by Gasteiger charge is 2.30. The van der Waals surface area contributed by atoms with Crippen LogP contribution >= 0.6 is 0 Å². The molecule has 1 aromatic heterocycles. The second-order valence-corrected chi connectivity index (χ2v) is 8.32. The predicted octanol–water partition coefficient (Wildman–Crippen LogP) is 3.81. The monoisotopic (exact) mass is 333 g/mol. The van der Waals surface area contributed by atoms with E-state index in [9.17, 15) is 4.21 Å². The second-order valence-electron chi connectivity index (χ2n) is 6.97. The fourth-order valence-electron chi connectivity index (χ4n) is 4.08. The van der Waals surface area contributed by atoms with Crippen molar-refractivity contribution < 1.29 is 8.32 Å². The van der Waals surface area contributed by atoms with Crippen LogP contribution in [-0.4, -0.2) is 39.9 Å². The van der Waals surface area contributed by atoms with E-state index in [4.69, 9.17) is 4.11 Å². The average molecular weight is 334 g/mol. The molecule has 2 aromatic rings. The first-order chi connectivity index (χ1) is 12.4. The normalized spacial score (nSPS) is 26.7. The molecule has 23 heavy (non-hydrogen) atoms. The molecular formula is C19H26N2OS. The van der Waals surface area contributed by atoms with Crippen LogP contribution in [0, 0.1) is 0 Å².